The first kappa shape index (κ1) is 18.0. The average molecular weight is 359 g/mol. The normalized spacial score (nSPS) is 41.1. The zero-order valence-corrected chi connectivity index (χ0v) is 17.2. The summed E-state index contributed by atoms with van der Waals surface area (Å²) in [6, 6.07) is 0. The summed E-state index contributed by atoms with van der Waals surface area (Å²) in [6.07, 6.45) is 21.4. The molecule has 0 aromatic rings. The fraction of sp³-hybridized carbons (Fsp3) is 1.00. The summed E-state index contributed by atoms with van der Waals surface area (Å²) < 4.78 is 0. The predicted octanol–water partition coefficient (Wildman–Crippen LogP) is 5.33. The van der Waals surface area contributed by atoms with Gasteiger partial charge >= 0.3 is 0 Å². The van der Waals surface area contributed by atoms with Crippen LogP contribution in [-0.2, 0) is 0 Å². The summed E-state index contributed by atoms with van der Waals surface area (Å²) in [6.45, 7) is 8.36. The molecule has 2 saturated heterocycles. The zero-order valence-electron chi connectivity index (χ0n) is 17.2. The van der Waals surface area contributed by atoms with E-state index in [2.05, 4.69) is 9.80 Å². The molecule has 0 amide bonds. The highest BCUT2D eigenvalue weighted by molar-refractivity contribution is 5.00. The van der Waals surface area contributed by atoms with Crippen LogP contribution < -0.4 is 0 Å². The monoisotopic (exact) mass is 358 g/mol. The maximum absolute atomic E-state index is 2.90. The Balaban J connectivity index is 1.15. The Morgan fingerprint density at radius 2 is 1.31 bits per heavy atom. The Morgan fingerprint density at radius 3 is 2.00 bits per heavy atom. The lowest BCUT2D eigenvalue weighted by Gasteiger charge is -2.56. The predicted molar refractivity (Wildman–Crippen MR) is 109 cm³/mol. The van der Waals surface area contributed by atoms with Crippen LogP contribution in [0, 0.1) is 22.7 Å². The third-order valence-corrected chi connectivity index (χ3v) is 9.48. The Morgan fingerprint density at radius 1 is 0.654 bits per heavy atom. The van der Waals surface area contributed by atoms with Crippen LogP contribution >= 0.6 is 0 Å². The second-order valence-electron chi connectivity index (χ2n) is 11.1. The van der Waals surface area contributed by atoms with Crippen LogP contribution in [0.4, 0.5) is 0 Å². The van der Waals surface area contributed by atoms with Gasteiger partial charge in [-0.3, -0.25) is 0 Å². The SMILES string of the molecule is C1CCC2(CC1)CCCN(CCN1CCCC3(CC4CCC3CC4)C1)C2. The molecule has 0 N–H and O–H groups in total. The average Bonchev–Trinajstić information content (AvgIpc) is 2.68. The van der Waals surface area contributed by atoms with Crippen molar-refractivity contribution in [3.8, 4) is 0 Å². The minimum absolute atomic E-state index is 0.724. The molecular formula is C24H42N2. The maximum Gasteiger partial charge on any atom is 0.0110 e. The van der Waals surface area contributed by atoms with E-state index in [0.717, 1.165) is 22.7 Å². The fourth-order valence-corrected chi connectivity index (χ4v) is 8.16. The van der Waals surface area contributed by atoms with Crippen LogP contribution in [0.5, 0.6) is 0 Å². The zero-order chi connectivity index (χ0) is 17.5. The van der Waals surface area contributed by atoms with Crippen LogP contribution in [0.2, 0.25) is 0 Å². The molecule has 148 valence electrons. The molecule has 26 heavy (non-hydrogen) atoms. The molecule has 4 aliphatic carbocycles. The fourth-order valence-electron chi connectivity index (χ4n) is 8.16. The highest BCUT2D eigenvalue weighted by Gasteiger charge is 2.48. The minimum atomic E-state index is 0.724. The number of likely N-dealkylation sites (tertiary alicyclic amines) is 2. The molecule has 2 nitrogen and oxygen atoms in total. The van der Waals surface area contributed by atoms with Crippen LogP contribution in [0.3, 0.4) is 0 Å². The molecule has 6 aliphatic rings. The van der Waals surface area contributed by atoms with E-state index in [9.17, 15) is 0 Å². The van der Waals surface area contributed by atoms with Gasteiger partial charge in [-0.05, 0) is 93.5 Å². The van der Waals surface area contributed by atoms with Gasteiger partial charge in [0.25, 0.3) is 0 Å². The van der Waals surface area contributed by atoms with Gasteiger partial charge in [-0.2, -0.15) is 0 Å². The van der Waals surface area contributed by atoms with E-state index < -0.39 is 0 Å². The highest BCUT2D eigenvalue weighted by Crippen LogP contribution is 2.56. The molecule has 1 unspecified atom stereocenters. The Kier molecular flexibility index (Phi) is 5.11. The molecule has 2 bridgehead atoms. The third kappa shape index (κ3) is 3.50. The van der Waals surface area contributed by atoms with Gasteiger partial charge in [-0.15, -0.1) is 0 Å². The molecule has 2 heteroatoms. The summed E-state index contributed by atoms with van der Waals surface area (Å²) in [7, 11) is 0. The lowest BCUT2D eigenvalue weighted by Crippen LogP contribution is -2.54. The second-order valence-corrected chi connectivity index (χ2v) is 11.1. The van der Waals surface area contributed by atoms with E-state index in [-0.39, 0.29) is 0 Å². The van der Waals surface area contributed by atoms with Crippen molar-refractivity contribution >= 4 is 0 Å². The quantitative estimate of drug-likeness (QED) is 0.673. The number of hydrogen-bond acceptors (Lipinski definition) is 2. The van der Waals surface area contributed by atoms with Gasteiger partial charge in [0.2, 0.25) is 0 Å². The lowest BCUT2D eigenvalue weighted by molar-refractivity contribution is -0.0566. The number of piperidine rings is 2. The molecular weight excluding hydrogens is 316 g/mol. The Labute approximate surface area is 162 Å². The molecule has 0 radical (unpaired) electrons. The van der Waals surface area contributed by atoms with Crippen LogP contribution in [-0.4, -0.2) is 49.1 Å². The van der Waals surface area contributed by atoms with Crippen molar-refractivity contribution in [2.45, 2.75) is 89.9 Å². The smallest absolute Gasteiger partial charge is 0.0110 e. The Hall–Kier alpha value is -0.0800. The van der Waals surface area contributed by atoms with E-state index in [1.54, 1.807) is 38.5 Å². The second kappa shape index (κ2) is 7.39. The summed E-state index contributed by atoms with van der Waals surface area (Å²) in [5.74, 6) is 2.17. The van der Waals surface area contributed by atoms with E-state index in [4.69, 9.17) is 0 Å². The van der Waals surface area contributed by atoms with Crippen molar-refractivity contribution in [3.63, 3.8) is 0 Å². The van der Waals surface area contributed by atoms with E-state index in [1.807, 2.05) is 0 Å². The van der Waals surface area contributed by atoms with Gasteiger partial charge in [0.05, 0.1) is 0 Å². The van der Waals surface area contributed by atoms with E-state index in [1.165, 1.54) is 90.6 Å². The number of fused-ring (bicyclic) bond motifs is 2. The van der Waals surface area contributed by atoms with Gasteiger partial charge in [-0.1, -0.05) is 32.1 Å². The maximum atomic E-state index is 2.90. The van der Waals surface area contributed by atoms with Gasteiger partial charge in [0.15, 0.2) is 0 Å². The van der Waals surface area contributed by atoms with E-state index >= 15 is 0 Å². The molecule has 6 fully saturated rings. The number of hydrogen-bond donors (Lipinski definition) is 0. The van der Waals surface area contributed by atoms with Crippen molar-refractivity contribution in [2.75, 3.05) is 39.3 Å². The van der Waals surface area contributed by atoms with Crippen LogP contribution in [0.25, 0.3) is 0 Å². The first-order valence-corrected chi connectivity index (χ1v) is 12.2. The van der Waals surface area contributed by atoms with Crippen LogP contribution in [0.15, 0.2) is 0 Å². The molecule has 2 heterocycles. The van der Waals surface area contributed by atoms with Crippen molar-refractivity contribution in [1.82, 2.24) is 9.80 Å². The standard InChI is InChI=1S/C24H42N2/c1-2-10-23(11-3-1)12-4-14-25(19-23)16-17-26-15-5-13-24(20-26)18-21-6-8-22(24)9-7-21/h21-22H,1-20H2. The topological polar surface area (TPSA) is 6.48 Å². The van der Waals surface area contributed by atoms with E-state index in [0.29, 0.717) is 0 Å². The summed E-state index contributed by atoms with van der Waals surface area (Å²) in [5.41, 5.74) is 1.47. The number of nitrogens with zero attached hydrogens (tertiary/aromatic N) is 2. The van der Waals surface area contributed by atoms with Crippen molar-refractivity contribution in [3.05, 3.63) is 0 Å². The molecule has 0 aromatic heterocycles. The van der Waals surface area contributed by atoms with Crippen LogP contribution in [0.1, 0.15) is 89.9 Å². The molecule has 2 spiro atoms. The first-order chi connectivity index (χ1) is 12.8. The Bertz CT molecular complexity index is 469. The van der Waals surface area contributed by atoms with Crippen molar-refractivity contribution in [2.24, 2.45) is 22.7 Å². The molecule has 1 atom stereocenters. The first-order valence-electron chi connectivity index (χ1n) is 12.2. The summed E-state index contributed by atoms with van der Waals surface area (Å²) in [5, 5.41) is 0. The third-order valence-electron chi connectivity index (χ3n) is 9.48. The molecule has 4 saturated carbocycles. The number of rotatable bonds is 3. The van der Waals surface area contributed by atoms with Gasteiger partial charge in [0, 0.05) is 26.2 Å². The van der Waals surface area contributed by atoms with Gasteiger partial charge in [0.1, 0.15) is 0 Å². The summed E-state index contributed by atoms with van der Waals surface area (Å²) >= 11 is 0. The van der Waals surface area contributed by atoms with Crippen molar-refractivity contribution < 1.29 is 0 Å². The summed E-state index contributed by atoms with van der Waals surface area (Å²) in [4.78, 5) is 5.76. The molecule has 0 aromatic carbocycles. The minimum Gasteiger partial charge on any atom is -0.302 e. The molecule has 6 rings (SSSR count). The molecule has 2 aliphatic heterocycles. The largest absolute Gasteiger partial charge is 0.302 e. The van der Waals surface area contributed by atoms with Crippen molar-refractivity contribution in [1.29, 1.82) is 0 Å². The van der Waals surface area contributed by atoms with Gasteiger partial charge in [-0.25, -0.2) is 0 Å². The van der Waals surface area contributed by atoms with Gasteiger partial charge < -0.3 is 9.80 Å². The lowest BCUT2D eigenvalue weighted by atomic mass is 9.53. The highest BCUT2D eigenvalue weighted by atomic mass is 15.2.